The average Bonchev–Trinajstić information content (AvgIpc) is 2.93. The maximum Gasteiger partial charge on any atom is 0.279 e. The number of rotatable bonds is 5. The number of aromatic nitrogens is 2. The lowest BCUT2D eigenvalue weighted by atomic mass is 9.91. The summed E-state index contributed by atoms with van der Waals surface area (Å²) in [6.45, 7) is 6.88. The molecule has 2 atom stereocenters. The number of aryl methyl sites for hydroxylation is 1. The third-order valence-corrected chi connectivity index (χ3v) is 3.52. The summed E-state index contributed by atoms with van der Waals surface area (Å²) < 4.78 is 20.3. The molecule has 1 aromatic heterocycles. The Morgan fingerprint density at radius 3 is 3.15 bits per heavy atom. The molecular weight excluding hydrogens is 261 g/mol. The number of hydrogen-bond acceptors (Lipinski definition) is 3. The van der Waals surface area contributed by atoms with E-state index in [1.54, 1.807) is 6.20 Å². The predicted molar refractivity (Wildman–Crippen MR) is 72.6 cm³/mol. The van der Waals surface area contributed by atoms with Crippen molar-refractivity contribution in [3.63, 3.8) is 0 Å². The van der Waals surface area contributed by atoms with Gasteiger partial charge in [-0.2, -0.15) is 5.10 Å². The first-order chi connectivity index (χ1) is 9.61. The Labute approximate surface area is 117 Å². The maximum absolute atomic E-state index is 12.7. The van der Waals surface area contributed by atoms with Crippen molar-refractivity contribution >= 4 is 5.91 Å². The number of ether oxygens (including phenoxy) is 1. The van der Waals surface area contributed by atoms with Crippen LogP contribution in [0.25, 0.3) is 0 Å². The summed E-state index contributed by atoms with van der Waals surface area (Å²) in [4.78, 5) is 11.2. The van der Waals surface area contributed by atoms with E-state index in [0.717, 1.165) is 24.9 Å². The standard InChI is InChI=1S/C14H20FN3O2/c1-3-18-9-12(8-17-18)13-11(5-4-6-20-13)7-16-14(19)10(2)15/h8-9,11,13H,2-7H2,1H3,(H,16,19)/t11-,13+/m0/s1. The van der Waals surface area contributed by atoms with E-state index < -0.39 is 11.7 Å². The molecule has 0 saturated carbocycles. The molecule has 20 heavy (non-hydrogen) atoms. The molecule has 0 aliphatic carbocycles. The van der Waals surface area contributed by atoms with Gasteiger partial charge in [0.15, 0.2) is 5.83 Å². The molecule has 1 aliphatic heterocycles. The molecule has 0 bridgehead atoms. The Kier molecular flexibility index (Phi) is 4.89. The maximum atomic E-state index is 12.7. The van der Waals surface area contributed by atoms with Gasteiger partial charge in [-0.1, -0.05) is 6.58 Å². The molecule has 0 unspecified atom stereocenters. The molecule has 6 heteroatoms. The second-order valence-corrected chi connectivity index (χ2v) is 4.94. The second kappa shape index (κ2) is 6.65. The Morgan fingerprint density at radius 1 is 1.70 bits per heavy atom. The van der Waals surface area contributed by atoms with E-state index in [4.69, 9.17) is 4.74 Å². The molecule has 2 rings (SSSR count). The van der Waals surface area contributed by atoms with Gasteiger partial charge in [0.25, 0.3) is 5.91 Å². The van der Waals surface area contributed by atoms with E-state index in [1.165, 1.54) is 0 Å². The van der Waals surface area contributed by atoms with Crippen LogP contribution in [0.2, 0.25) is 0 Å². The van der Waals surface area contributed by atoms with Gasteiger partial charge in [-0.15, -0.1) is 0 Å². The highest BCUT2D eigenvalue weighted by Gasteiger charge is 2.29. The average molecular weight is 281 g/mol. The number of halogens is 1. The Morgan fingerprint density at radius 2 is 2.50 bits per heavy atom. The largest absolute Gasteiger partial charge is 0.373 e. The summed E-state index contributed by atoms with van der Waals surface area (Å²) in [5, 5.41) is 6.79. The van der Waals surface area contributed by atoms with Crippen molar-refractivity contribution in [2.75, 3.05) is 13.2 Å². The summed E-state index contributed by atoms with van der Waals surface area (Å²) in [5.41, 5.74) is 1.00. The highest BCUT2D eigenvalue weighted by molar-refractivity contribution is 5.90. The minimum absolute atomic E-state index is 0.0998. The molecule has 1 fully saturated rings. The molecule has 1 N–H and O–H groups in total. The van der Waals surface area contributed by atoms with Crippen molar-refractivity contribution in [1.82, 2.24) is 15.1 Å². The van der Waals surface area contributed by atoms with Crippen molar-refractivity contribution in [3.8, 4) is 0 Å². The summed E-state index contributed by atoms with van der Waals surface area (Å²) in [6, 6.07) is 0. The summed E-state index contributed by atoms with van der Waals surface area (Å²) in [5.74, 6) is -1.59. The van der Waals surface area contributed by atoms with Crippen LogP contribution in [-0.4, -0.2) is 28.8 Å². The normalized spacial score (nSPS) is 22.5. The Hall–Kier alpha value is -1.69. The number of nitrogens with one attached hydrogen (secondary N) is 1. The smallest absolute Gasteiger partial charge is 0.279 e. The lowest BCUT2D eigenvalue weighted by molar-refractivity contribution is -0.119. The minimum atomic E-state index is -0.961. The van der Waals surface area contributed by atoms with Gasteiger partial charge in [-0.05, 0) is 19.8 Å². The number of nitrogens with zero attached hydrogens (tertiary/aromatic N) is 2. The molecule has 1 amide bonds. The fraction of sp³-hybridized carbons (Fsp3) is 0.571. The van der Waals surface area contributed by atoms with E-state index in [9.17, 15) is 9.18 Å². The minimum Gasteiger partial charge on any atom is -0.373 e. The van der Waals surface area contributed by atoms with Crippen LogP contribution in [0.3, 0.4) is 0 Å². The summed E-state index contributed by atoms with van der Waals surface area (Å²) >= 11 is 0. The molecule has 1 aromatic rings. The van der Waals surface area contributed by atoms with E-state index in [1.807, 2.05) is 17.8 Å². The van der Waals surface area contributed by atoms with Gasteiger partial charge in [0.1, 0.15) is 0 Å². The van der Waals surface area contributed by atoms with Gasteiger partial charge < -0.3 is 10.1 Å². The molecular formula is C14H20FN3O2. The molecule has 1 aliphatic rings. The highest BCUT2D eigenvalue weighted by atomic mass is 19.1. The summed E-state index contributed by atoms with van der Waals surface area (Å²) in [7, 11) is 0. The van der Waals surface area contributed by atoms with Crippen molar-refractivity contribution < 1.29 is 13.9 Å². The number of carbonyl (C=O) groups is 1. The molecule has 110 valence electrons. The van der Waals surface area contributed by atoms with Crippen molar-refractivity contribution in [2.45, 2.75) is 32.4 Å². The first-order valence-corrected chi connectivity index (χ1v) is 6.88. The number of amides is 1. The molecule has 0 spiro atoms. The third-order valence-electron chi connectivity index (χ3n) is 3.52. The first-order valence-electron chi connectivity index (χ1n) is 6.88. The zero-order chi connectivity index (χ0) is 14.5. The number of hydrogen-bond donors (Lipinski definition) is 1. The molecule has 0 radical (unpaired) electrons. The van der Waals surface area contributed by atoms with E-state index in [2.05, 4.69) is 17.0 Å². The molecule has 5 nitrogen and oxygen atoms in total. The van der Waals surface area contributed by atoms with Crippen LogP contribution < -0.4 is 5.32 Å². The van der Waals surface area contributed by atoms with Crippen LogP contribution >= 0.6 is 0 Å². The Balaban J connectivity index is 2.01. The third kappa shape index (κ3) is 3.45. The van der Waals surface area contributed by atoms with Crippen molar-refractivity contribution in [1.29, 1.82) is 0 Å². The SMILES string of the molecule is C=C(F)C(=O)NC[C@@H]1CCCO[C@H]1c1cnn(CC)c1. The monoisotopic (exact) mass is 281 g/mol. The number of carbonyl (C=O) groups excluding carboxylic acids is 1. The summed E-state index contributed by atoms with van der Waals surface area (Å²) in [6.07, 6.45) is 5.52. The van der Waals surface area contributed by atoms with Gasteiger partial charge in [0.2, 0.25) is 0 Å². The topological polar surface area (TPSA) is 56.1 Å². The van der Waals surface area contributed by atoms with Crippen molar-refractivity contribution in [2.24, 2.45) is 5.92 Å². The van der Waals surface area contributed by atoms with Crippen LogP contribution in [-0.2, 0) is 16.1 Å². The van der Waals surface area contributed by atoms with Crippen LogP contribution in [0.5, 0.6) is 0 Å². The predicted octanol–water partition coefficient (Wildman–Crippen LogP) is 1.97. The fourth-order valence-corrected chi connectivity index (χ4v) is 2.44. The van der Waals surface area contributed by atoms with Crippen LogP contribution in [0, 0.1) is 5.92 Å². The van der Waals surface area contributed by atoms with Gasteiger partial charge >= 0.3 is 0 Å². The zero-order valence-electron chi connectivity index (χ0n) is 11.6. The van der Waals surface area contributed by atoms with E-state index in [0.29, 0.717) is 13.2 Å². The molecule has 0 aromatic carbocycles. The lowest BCUT2D eigenvalue weighted by Gasteiger charge is -2.31. The molecule has 1 saturated heterocycles. The van der Waals surface area contributed by atoms with Crippen LogP contribution in [0.15, 0.2) is 24.8 Å². The lowest BCUT2D eigenvalue weighted by Crippen LogP contribution is -2.35. The van der Waals surface area contributed by atoms with Crippen LogP contribution in [0.1, 0.15) is 31.4 Å². The zero-order valence-corrected chi connectivity index (χ0v) is 11.6. The van der Waals surface area contributed by atoms with E-state index >= 15 is 0 Å². The highest BCUT2D eigenvalue weighted by Crippen LogP contribution is 2.33. The van der Waals surface area contributed by atoms with Gasteiger partial charge in [-0.3, -0.25) is 9.48 Å². The van der Waals surface area contributed by atoms with Gasteiger partial charge in [0.05, 0.1) is 12.3 Å². The fourth-order valence-electron chi connectivity index (χ4n) is 2.44. The van der Waals surface area contributed by atoms with E-state index in [-0.39, 0.29) is 12.0 Å². The Bertz CT molecular complexity index is 487. The van der Waals surface area contributed by atoms with Crippen molar-refractivity contribution in [3.05, 3.63) is 30.4 Å². The second-order valence-electron chi connectivity index (χ2n) is 4.94. The molecule has 2 heterocycles. The van der Waals surface area contributed by atoms with Gasteiger partial charge in [-0.25, -0.2) is 4.39 Å². The van der Waals surface area contributed by atoms with Gasteiger partial charge in [0, 0.05) is 37.4 Å². The van der Waals surface area contributed by atoms with Crippen LogP contribution in [0.4, 0.5) is 4.39 Å². The first kappa shape index (κ1) is 14.7. The quantitative estimate of drug-likeness (QED) is 0.840.